The lowest BCUT2D eigenvalue weighted by Crippen LogP contribution is -2.44. The summed E-state index contributed by atoms with van der Waals surface area (Å²) in [6.45, 7) is 3.93. The lowest BCUT2D eigenvalue weighted by molar-refractivity contribution is -0.131. The molecular formula is C22H25BrN2O5. The molecule has 0 aromatic heterocycles. The Hall–Kier alpha value is -2.32. The van der Waals surface area contributed by atoms with Gasteiger partial charge in [0.05, 0.1) is 24.8 Å². The number of phenolic OH excluding ortho intramolecular Hbond substituents is 1. The predicted octanol–water partition coefficient (Wildman–Crippen LogP) is 2.99. The summed E-state index contributed by atoms with van der Waals surface area (Å²) >= 11 is 3.38. The number of ketones is 1. The van der Waals surface area contributed by atoms with Crippen LogP contribution in [0.3, 0.4) is 0 Å². The van der Waals surface area contributed by atoms with Gasteiger partial charge in [-0.05, 0) is 53.4 Å². The van der Waals surface area contributed by atoms with Crippen molar-refractivity contribution < 1.29 is 24.2 Å². The summed E-state index contributed by atoms with van der Waals surface area (Å²) in [7, 11) is 1.48. The third kappa shape index (κ3) is 3.63. The molecule has 7 nitrogen and oxygen atoms in total. The van der Waals surface area contributed by atoms with Gasteiger partial charge in [0.25, 0.3) is 5.91 Å². The predicted molar refractivity (Wildman–Crippen MR) is 114 cm³/mol. The first-order valence-electron chi connectivity index (χ1n) is 10.1. The summed E-state index contributed by atoms with van der Waals surface area (Å²) in [5.74, 6) is -0.284. The van der Waals surface area contributed by atoms with E-state index in [0.29, 0.717) is 54.1 Å². The normalized spacial score (nSPS) is 22.0. The highest BCUT2D eigenvalue weighted by Gasteiger charge is 2.40. The Morgan fingerprint density at radius 1 is 1.30 bits per heavy atom. The van der Waals surface area contributed by atoms with Crippen LogP contribution in [0, 0.1) is 0 Å². The van der Waals surface area contributed by atoms with Crippen molar-refractivity contribution in [2.45, 2.75) is 32.1 Å². The number of aromatic hydroxyl groups is 1. The van der Waals surface area contributed by atoms with Gasteiger partial charge in [-0.25, -0.2) is 0 Å². The van der Waals surface area contributed by atoms with E-state index < -0.39 is 5.92 Å². The van der Waals surface area contributed by atoms with Gasteiger partial charge in [0, 0.05) is 48.0 Å². The number of nitrogens with zero attached hydrogens (tertiary/aromatic N) is 1. The molecule has 1 atom stereocenters. The van der Waals surface area contributed by atoms with E-state index in [9.17, 15) is 14.7 Å². The van der Waals surface area contributed by atoms with E-state index >= 15 is 0 Å². The van der Waals surface area contributed by atoms with Gasteiger partial charge in [-0.15, -0.1) is 0 Å². The molecular weight excluding hydrogens is 452 g/mol. The molecule has 1 aliphatic carbocycles. The first kappa shape index (κ1) is 20.9. The zero-order chi connectivity index (χ0) is 21.4. The number of morpholine rings is 1. The molecule has 1 aromatic rings. The minimum Gasteiger partial charge on any atom is -0.503 e. The van der Waals surface area contributed by atoms with Gasteiger partial charge in [0.2, 0.25) is 0 Å². The Morgan fingerprint density at radius 3 is 2.73 bits per heavy atom. The number of dihydropyridines is 1. The minimum atomic E-state index is -0.518. The van der Waals surface area contributed by atoms with Gasteiger partial charge in [-0.3, -0.25) is 9.59 Å². The van der Waals surface area contributed by atoms with Crippen LogP contribution in [-0.2, 0) is 14.3 Å². The highest BCUT2D eigenvalue weighted by atomic mass is 79.9. The van der Waals surface area contributed by atoms with Gasteiger partial charge < -0.3 is 24.8 Å². The molecule has 4 rings (SSSR count). The van der Waals surface area contributed by atoms with Crippen LogP contribution in [0.25, 0.3) is 0 Å². The van der Waals surface area contributed by atoms with Crippen LogP contribution >= 0.6 is 15.9 Å². The quantitative estimate of drug-likeness (QED) is 0.696. The Balaban J connectivity index is 1.87. The number of hydrogen-bond acceptors (Lipinski definition) is 6. The molecule has 0 spiro atoms. The fraction of sp³-hybridized carbons (Fsp3) is 0.455. The number of allylic oxidation sites excluding steroid dienone is 3. The summed E-state index contributed by atoms with van der Waals surface area (Å²) < 4.78 is 11.2. The van der Waals surface area contributed by atoms with E-state index in [0.717, 1.165) is 29.8 Å². The zero-order valence-electron chi connectivity index (χ0n) is 17.1. The molecule has 0 bridgehead atoms. The van der Waals surface area contributed by atoms with E-state index in [4.69, 9.17) is 9.47 Å². The fourth-order valence-corrected chi connectivity index (χ4v) is 4.91. The van der Waals surface area contributed by atoms with Crippen molar-refractivity contribution in [3.05, 3.63) is 44.7 Å². The molecule has 160 valence electrons. The maximum absolute atomic E-state index is 13.6. The molecule has 8 heteroatoms. The number of benzene rings is 1. The van der Waals surface area contributed by atoms with Crippen molar-refractivity contribution in [3.63, 3.8) is 0 Å². The molecule has 0 radical (unpaired) electrons. The average molecular weight is 477 g/mol. The van der Waals surface area contributed by atoms with Gasteiger partial charge in [-0.1, -0.05) is 0 Å². The van der Waals surface area contributed by atoms with Crippen molar-refractivity contribution in [1.29, 1.82) is 0 Å². The first-order chi connectivity index (χ1) is 14.4. The fourth-order valence-electron chi connectivity index (χ4n) is 4.45. The minimum absolute atomic E-state index is 0.0129. The third-order valence-corrected chi connectivity index (χ3v) is 6.51. The summed E-state index contributed by atoms with van der Waals surface area (Å²) in [5.41, 5.74) is 3.58. The Morgan fingerprint density at radius 2 is 2.03 bits per heavy atom. The second-order valence-electron chi connectivity index (χ2n) is 7.72. The SMILES string of the molecule is COc1cc([C@@H]2C(C(=O)N3CCOCC3)=C(C)NC3=C2C(=O)CCC3)cc(Br)c1O. The van der Waals surface area contributed by atoms with E-state index in [2.05, 4.69) is 21.2 Å². The number of ether oxygens (including phenoxy) is 2. The number of halogens is 1. The largest absolute Gasteiger partial charge is 0.503 e. The van der Waals surface area contributed by atoms with Crippen molar-refractivity contribution in [2.75, 3.05) is 33.4 Å². The molecule has 0 saturated carbocycles. The summed E-state index contributed by atoms with van der Waals surface area (Å²) in [6, 6.07) is 3.47. The highest BCUT2D eigenvalue weighted by molar-refractivity contribution is 9.10. The van der Waals surface area contributed by atoms with E-state index in [1.807, 2.05) is 6.92 Å². The second kappa shape index (κ2) is 8.43. The molecule has 30 heavy (non-hydrogen) atoms. The molecule has 2 aliphatic heterocycles. The lowest BCUT2D eigenvalue weighted by Gasteiger charge is -2.37. The van der Waals surface area contributed by atoms with Crippen LogP contribution in [0.1, 0.15) is 37.7 Å². The number of carbonyl (C=O) groups is 2. The van der Waals surface area contributed by atoms with Crippen molar-refractivity contribution in [3.8, 4) is 11.5 Å². The maximum atomic E-state index is 13.6. The van der Waals surface area contributed by atoms with Crippen LogP contribution in [0.15, 0.2) is 39.1 Å². The monoisotopic (exact) mass is 476 g/mol. The number of carbonyl (C=O) groups excluding carboxylic acids is 2. The molecule has 1 amide bonds. The van der Waals surface area contributed by atoms with Crippen molar-refractivity contribution >= 4 is 27.6 Å². The standard InChI is InChI=1S/C22H25BrN2O5/c1-12-18(22(28)25-6-8-30-9-7-25)19(20-15(24-12)4-3-5-16(20)26)13-10-14(23)21(27)17(11-13)29-2/h10-11,19,24,27H,3-9H2,1-2H3/t19-/m1/s1. The third-order valence-electron chi connectivity index (χ3n) is 5.91. The number of rotatable bonds is 3. The Labute approximate surface area is 183 Å². The number of amides is 1. The number of hydrogen-bond donors (Lipinski definition) is 2. The number of methoxy groups -OCH3 is 1. The smallest absolute Gasteiger partial charge is 0.252 e. The van der Waals surface area contributed by atoms with Crippen LogP contribution in [0.4, 0.5) is 0 Å². The van der Waals surface area contributed by atoms with Crippen LogP contribution < -0.4 is 10.1 Å². The summed E-state index contributed by atoms with van der Waals surface area (Å²) in [6.07, 6.45) is 2.02. The van der Waals surface area contributed by atoms with Crippen LogP contribution in [0.5, 0.6) is 11.5 Å². The Bertz CT molecular complexity index is 963. The topological polar surface area (TPSA) is 88.1 Å². The number of Topliss-reactive ketones (excluding diaryl/α,β-unsaturated/α-hetero) is 1. The zero-order valence-corrected chi connectivity index (χ0v) is 18.7. The maximum Gasteiger partial charge on any atom is 0.252 e. The van der Waals surface area contributed by atoms with Gasteiger partial charge in [0.15, 0.2) is 17.3 Å². The molecule has 1 aromatic carbocycles. The van der Waals surface area contributed by atoms with Crippen molar-refractivity contribution in [2.24, 2.45) is 0 Å². The van der Waals surface area contributed by atoms with Crippen LogP contribution in [0.2, 0.25) is 0 Å². The second-order valence-corrected chi connectivity index (χ2v) is 8.58. The summed E-state index contributed by atoms with van der Waals surface area (Å²) in [5, 5.41) is 13.6. The molecule has 3 aliphatic rings. The Kier molecular flexibility index (Phi) is 5.88. The molecule has 0 unspecified atom stereocenters. The van der Waals surface area contributed by atoms with Gasteiger partial charge in [-0.2, -0.15) is 0 Å². The van der Waals surface area contributed by atoms with E-state index in [1.165, 1.54) is 7.11 Å². The number of nitrogens with one attached hydrogen (secondary N) is 1. The molecule has 1 fully saturated rings. The van der Waals surface area contributed by atoms with Gasteiger partial charge >= 0.3 is 0 Å². The average Bonchev–Trinajstić information content (AvgIpc) is 2.75. The molecule has 1 saturated heterocycles. The van der Waals surface area contributed by atoms with E-state index in [-0.39, 0.29) is 17.4 Å². The molecule has 2 heterocycles. The lowest BCUT2D eigenvalue weighted by atomic mass is 9.74. The van der Waals surface area contributed by atoms with Gasteiger partial charge in [0.1, 0.15) is 0 Å². The van der Waals surface area contributed by atoms with Crippen molar-refractivity contribution in [1.82, 2.24) is 10.2 Å². The summed E-state index contributed by atoms with van der Waals surface area (Å²) in [4.78, 5) is 28.4. The van der Waals surface area contributed by atoms with Crippen LogP contribution in [-0.4, -0.2) is 55.1 Å². The molecule has 2 N–H and O–H groups in total. The van der Waals surface area contributed by atoms with E-state index in [1.54, 1.807) is 17.0 Å². The number of phenols is 1. The highest BCUT2D eigenvalue weighted by Crippen LogP contribution is 2.46. The first-order valence-corrected chi connectivity index (χ1v) is 10.9.